The molecule has 1 aromatic heterocycles. The van der Waals surface area contributed by atoms with E-state index < -0.39 is 5.41 Å². The molecule has 0 radical (unpaired) electrons. The fourth-order valence-corrected chi connectivity index (χ4v) is 11.3. The average Bonchev–Trinajstić information content (AvgIpc) is 3.92. The summed E-state index contributed by atoms with van der Waals surface area (Å²) in [4.78, 5) is 2.47. The van der Waals surface area contributed by atoms with Gasteiger partial charge in [0, 0.05) is 33.2 Å². The highest BCUT2D eigenvalue weighted by molar-refractivity contribution is 6.20. The van der Waals surface area contributed by atoms with Crippen LogP contribution < -0.4 is 9.64 Å². The quantitative estimate of drug-likeness (QED) is 0.173. The number of anilines is 3. The van der Waals surface area contributed by atoms with Crippen molar-refractivity contribution >= 4 is 60.5 Å². The first-order valence-corrected chi connectivity index (χ1v) is 22.7. The minimum atomic E-state index is -0.606. The zero-order valence-corrected chi connectivity index (χ0v) is 35.8. The first-order valence-electron chi connectivity index (χ1n) is 22.7. The fraction of sp³-hybridized carbons (Fsp3) is 0.0159. The summed E-state index contributed by atoms with van der Waals surface area (Å²) in [6, 6.07) is 85.7. The van der Waals surface area contributed by atoms with Gasteiger partial charge in [0.2, 0.25) is 0 Å². The smallest absolute Gasteiger partial charge is 0.143 e. The lowest BCUT2D eigenvalue weighted by Gasteiger charge is -2.39. The van der Waals surface area contributed by atoms with Crippen LogP contribution in [-0.2, 0) is 5.41 Å². The van der Waals surface area contributed by atoms with E-state index in [9.17, 15) is 0 Å². The van der Waals surface area contributed by atoms with Crippen molar-refractivity contribution in [3.63, 3.8) is 0 Å². The Balaban J connectivity index is 1.02. The van der Waals surface area contributed by atoms with Crippen molar-refractivity contribution in [2.45, 2.75) is 5.41 Å². The summed E-state index contributed by atoms with van der Waals surface area (Å²) in [5.41, 5.74) is 16.3. The maximum atomic E-state index is 6.86. The number of hydrogen-bond donors (Lipinski definition) is 0. The number of ether oxygens (including phenoxy) is 1. The van der Waals surface area contributed by atoms with Gasteiger partial charge in [0.25, 0.3) is 0 Å². The maximum Gasteiger partial charge on any atom is 0.143 e. The summed E-state index contributed by atoms with van der Waals surface area (Å²) < 4.78 is 13.6. The van der Waals surface area contributed by atoms with Gasteiger partial charge in [-0.3, -0.25) is 0 Å². The number of para-hydroxylation sites is 2. The SMILES string of the molecule is c1ccc(-c2cccc3ccc(-c4ccc(N(c5cccc6c5-c5ccccc5C65c6ccccc6Oc6ccccc65)c5cccc6oc7c8ccccc8ccc7c56)cc4)cc23)cc1. The molecule has 3 nitrogen and oxygen atoms in total. The van der Waals surface area contributed by atoms with E-state index in [0.717, 1.165) is 78.0 Å². The van der Waals surface area contributed by atoms with Crippen LogP contribution in [0.4, 0.5) is 17.1 Å². The molecule has 0 unspecified atom stereocenters. The van der Waals surface area contributed by atoms with Gasteiger partial charge >= 0.3 is 0 Å². The average molecular weight is 842 g/mol. The molecule has 0 atom stereocenters. The van der Waals surface area contributed by atoms with Crippen molar-refractivity contribution in [3.8, 4) is 44.9 Å². The Morgan fingerprint density at radius 1 is 0.364 bits per heavy atom. The van der Waals surface area contributed by atoms with E-state index in [1.165, 1.54) is 49.7 Å². The molecule has 1 aliphatic carbocycles. The topological polar surface area (TPSA) is 25.6 Å². The van der Waals surface area contributed by atoms with Crippen LogP contribution in [-0.4, -0.2) is 0 Å². The van der Waals surface area contributed by atoms with Crippen LogP contribution in [0.1, 0.15) is 22.3 Å². The van der Waals surface area contributed by atoms with Crippen molar-refractivity contribution in [1.82, 2.24) is 0 Å². The Morgan fingerprint density at radius 3 is 1.80 bits per heavy atom. The summed E-state index contributed by atoms with van der Waals surface area (Å²) in [6.07, 6.45) is 0. The monoisotopic (exact) mass is 841 g/mol. The van der Waals surface area contributed by atoms with Crippen molar-refractivity contribution in [2.24, 2.45) is 0 Å². The van der Waals surface area contributed by atoms with Gasteiger partial charge in [0.15, 0.2) is 0 Å². The van der Waals surface area contributed by atoms with Gasteiger partial charge in [-0.25, -0.2) is 0 Å². The van der Waals surface area contributed by atoms with Crippen LogP contribution in [0.3, 0.4) is 0 Å². The lowest BCUT2D eigenvalue weighted by atomic mass is 9.66. The number of fused-ring (bicyclic) bond motifs is 15. The maximum absolute atomic E-state index is 6.86. The highest BCUT2D eigenvalue weighted by atomic mass is 16.5. The third kappa shape index (κ3) is 5.20. The lowest BCUT2D eigenvalue weighted by Crippen LogP contribution is -2.32. The molecule has 1 spiro atoms. The summed E-state index contributed by atoms with van der Waals surface area (Å²) in [5.74, 6) is 1.76. The Kier molecular flexibility index (Phi) is 7.90. The third-order valence-electron chi connectivity index (χ3n) is 14.1. The van der Waals surface area contributed by atoms with Crippen molar-refractivity contribution in [2.75, 3.05) is 4.90 Å². The number of nitrogens with zero attached hydrogens (tertiary/aromatic N) is 1. The van der Waals surface area contributed by atoms with Gasteiger partial charge in [-0.15, -0.1) is 0 Å². The van der Waals surface area contributed by atoms with Crippen LogP contribution in [0.2, 0.25) is 0 Å². The molecule has 2 aliphatic rings. The van der Waals surface area contributed by atoms with Crippen LogP contribution in [0.15, 0.2) is 241 Å². The molecule has 2 heterocycles. The van der Waals surface area contributed by atoms with Crippen LogP contribution in [0.5, 0.6) is 11.5 Å². The van der Waals surface area contributed by atoms with Gasteiger partial charge < -0.3 is 14.1 Å². The summed E-state index contributed by atoms with van der Waals surface area (Å²) >= 11 is 0. The van der Waals surface area contributed by atoms with Gasteiger partial charge in [0.1, 0.15) is 22.7 Å². The van der Waals surface area contributed by atoms with Gasteiger partial charge in [0.05, 0.1) is 22.2 Å². The van der Waals surface area contributed by atoms with Crippen molar-refractivity contribution in [3.05, 3.63) is 259 Å². The fourth-order valence-electron chi connectivity index (χ4n) is 11.3. The highest BCUT2D eigenvalue weighted by Gasteiger charge is 2.52. The van der Waals surface area contributed by atoms with E-state index in [4.69, 9.17) is 9.15 Å². The Bertz CT molecular complexity index is 3870. The largest absolute Gasteiger partial charge is 0.457 e. The summed E-state index contributed by atoms with van der Waals surface area (Å²) in [6.45, 7) is 0. The van der Waals surface area contributed by atoms with E-state index in [1.54, 1.807) is 0 Å². The molecule has 1 aliphatic heterocycles. The van der Waals surface area contributed by atoms with E-state index in [1.807, 2.05) is 0 Å². The molecular formula is C63H39NO2. The predicted molar refractivity (Wildman–Crippen MR) is 272 cm³/mol. The number of benzene rings is 11. The predicted octanol–water partition coefficient (Wildman–Crippen LogP) is 17.2. The number of hydrogen-bond acceptors (Lipinski definition) is 3. The van der Waals surface area contributed by atoms with Crippen molar-refractivity contribution < 1.29 is 9.15 Å². The second kappa shape index (κ2) is 14.2. The molecule has 14 rings (SSSR count). The molecule has 11 aromatic carbocycles. The van der Waals surface area contributed by atoms with E-state index >= 15 is 0 Å². The molecule has 308 valence electrons. The van der Waals surface area contributed by atoms with Crippen LogP contribution in [0.25, 0.3) is 76.9 Å². The third-order valence-corrected chi connectivity index (χ3v) is 14.1. The Labute approximate surface area is 382 Å². The van der Waals surface area contributed by atoms with Crippen molar-refractivity contribution in [1.29, 1.82) is 0 Å². The second-order valence-electron chi connectivity index (χ2n) is 17.5. The van der Waals surface area contributed by atoms with E-state index in [-0.39, 0.29) is 0 Å². The molecule has 0 N–H and O–H groups in total. The van der Waals surface area contributed by atoms with Gasteiger partial charge in [-0.05, 0) is 110 Å². The van der Waals surface area contributed by atoms with Gasteiger partial charge in [-0.2, -0.15) is 0 Å². The zero-order valence-electron chi connectivity index (χ0n) is 35.8. The lowest BCUT2D eigenvalue weighted by molar-refractivity contribution is 0.436. The Hall–Kier alpha value is -8.66. The first kappa shape index (κ1) is 36.8. The molecule has 0 amide bonds. The molecule has 0 bridgehead atoms. The molecule has 66 heavy (non-hydrogen) atoms. The molecular weight excluding hydrogens is 803 g/mol. The minimum Gasteiger partial charge on any atom is -0.457 e. The molecule has 3 heteroatoms. The Morgan fingerprint density at radius 2 is 0.970 bits per heavy atom. The normalized spacial score (nSPS) is 13.1. The van der Waals surface area contributed by atoms with Gasteiger partial charge in [-0.1, -0.05) is 182 Å². The van der Waals surface area contributed by atoms with Crippen LogP contribution in [0, 0.1) is 0 Å². The van der Waals surface area contributed by atoms with E-state index in [2.05, 4.69) is 241 Å². The summed E-state index contributed by atoms with van der Waals surface area (Å²) in [7, 11) is 0. The first-order chi connectivity index (χ1) is 32.7. The molecule has 0 fully saturated rings. The zero-order chi connectivity index (χ0) is 43.3. The summed E-state index contributed by atoms with van der Waals surface area (Å²) in [5, 5.41) is 6.88. The molecule has 0 saturated carbocycles. The molecule has 0 saturated heterocycles. The standard InChI is InChI=1S/C63H39NO2/c1-2-15-41(16-3-1)46-21-12-18-43-31-32-44(39-50(43)46)40-33-36-45(37-34-40)64(56-27-14-30-59-61(56)49-38-35-42-17-4-5-19-47(42)62(49)66-59)55-26-13-25-54-60(55)48-20-6-7-22-51(48)63(54)52-23-8-10-28-57(52)65-58-29-11-9-24-53(58)63/h1-39H. The van der Waals surface area contributed by atoms with E-state index in [0.29, 0.717) is 0 Å². The van der Waals surface area contributed by atoms with Crippen LogP contribution >= 0.6 is 0 Å². The highest BCUT2D eigenvalue weighted by Crippen LogP contribution is 2.64. The minimum absolute atomic E-state index is 0.606. The molecule has 12 aromatic rings. The number of rotatable bonds is 5. The number of furan rings is 1. The second-order valence-corrected chi connectivity index (χ2v) is 17.5.